The second kappa shape index (κ2) is 10.2. The Morgan fingerprint density at radius 3 is 2.63 bits per heavy atom. The molecular formula is C26H24N2O7. The molecule has 4 rings (SSSR count). The van der Waals surface area contributed by atoms with Gasteiger partial charge < -0.3 is 23.9 Å². The molecule has 9 nitrogen and oxygen atoms in total. The zero-order valence-electron chi connectivity index (χ0n) is 19.5. The number of esters is 1. The molecule has 0 atom stereocenters. The van der Waals surface area contributed by atoms with E-state index in [-0.39, 0.29) is 23.8 Å². The molecule has 0 spiro atoms. The van der Waals surface area contributed by atoms with E-state index in [1.54, 1.807) is 18.2 Å². The maximum Gasteiger partial charge on any atom is 0.373 e. The molecule has 35 heavy (non-hydrogen) atoms. The van der Waals surface area contributed by atoms with E-state index in [0.717, 1.165) is 16.0 Å². The molecule has 1 fully saturated rings. The molecule has 0 bridgehead atoms. The highest BCUT2D eigenvalue weighted by Gasteiger charge is 2.34. The Morgan fingerprint density at radius 2 is 1.89 bits per heavy atom. The minimum Gasteiger partial charge on any atom is -0.493 e. The van der Waals surface area contributed by atoms with E-state index in [0.29, 0.717) is 23.7 Å². The Balaban J connectivity index is 1.56. The second-order valence-corrected chi connectivity index (χ2v) is 7.79. The number of imide groups is 1. The van der Waals surface area contributed by atoms with Gasteiger partial charge in [-0.25, -0.2) is 9.59 Å². The van der Waals surface area contributed by atoms with Crippen molar-refractivity contribution in [3.63, 3.8) is 0 Å². The first kappa shape index (κ1) is 23.6. The maximum atomic E-state index is 13.0. The molecule has 1 aromatic heterocycles. The normalized spacial score (nSPS) is 14.3. The standard InChI is InChI=1S/C26H24N2O7/c1-16-6-4-7-17(12-16)15-34-23-18(8-5-9-21(23)32-2)13-20-24(29)28(26(31)27-20)14-19-10-11-22(35-19)25(30)33-3/h4-13H,14-15H2,1-3H3,(H,27,31)/b20-13+. The van der Waals surface area contributed by atoms with Gasteiger partial charge in [-0.1, -0.05) is 42.0 Å². The number of carbonyl (C=O) groups is 3. The number of urea groups is 1. The molecule has 0 unspecified atom stereocenters. The van der Waals surface area contributed by atoms with Gasteiger partial charge in [0, 0.05) is 5.56 Å². The van der Waals surface area contributed by atoms with E-state index in [1.165, 1.54) is 32.4 Å². The van der Waals surface area contributed by atoms with Crippen molar-refractivity contribution in [3.05, 3.63) is 88.5 Å². The van der Waals surface area contributed by atoms with Crippen LogP contribution < -0.4 is 14.8 Å². The lowest BCUT2D eigenvalue weighted by Crippen LogP contribution is -2.30. The van der Waals surface area contributed by atoms with Gasteiger partial charge in [0.1, 0.15) is 18.1 Å². The first-order valence-corrected chi connectivity index (χ1v) is 10.8. The molecule has 1 N–H and O–H groups in total. The van der Waals surface area contributed by atoms with Crippen molar-refractivity contribution >= 4 is 24.0 Å². The largest absolute Gasteiger partial charge is 0.493 e. The number of nitrogens with zero attached hydrogens (tertiary/aromatic N) is 1. The van der Waals surface area contributed by atoms with Gasteiger partial charge in [-0.05, 0) is 36.8 Å². The van der Waals surface area contributed by atoms with Crippen LogP contribution >= 0.6 is 0 Å². The van der Waals surface area contributed by atoms with Crippen LogP contribution in [-0.4, -0.2) is 37.0 Å². The molecule has 1 saturated heterocycles. The lowest BCUT2D eigenvalue weighted by atomic mass is 10.1. The third-order valence-corrected chi connectivity index (χ3v) is 5.32. The first-order chi connectivity index (χ1) is 16.9. The summed E-state index contributed by atoms with van der Waals surface area (Å²) in [6.07, 6.45) is 1.54. The van der Waals surface area contributed by atoms with Gasteiger partial charge in [-0.15, -0.1) is 0 Å². The summed E-state index contributed by atoms with van der Waals surface area (Å²) in [5.41, 5.74) is 2.73. The molecule has 0 radical (unpaired) electrons. The van der Waals surface area contributed by atoms with Crippen molar-refractivity contribution in [2.45, 2.75) is 20.1 Å². The van der Waals surface area contributed by atoms with E-state index < -0.39 is 17.9 Å². The second-order valence-electron chi connectivity index (χ2n) is 7.79. The topological polar surface area (TPSA) is 107 Å². The predicted molar refractivity (Wildman–Crippen MR) is 126 cm³/mol. The lowest BCUT2D eigenvalue weighted by molar-refractivity contribution is -0.123. The van der Waals surface area contributed by atoms with Crippen molar-refractivity contribution in [2.24, 2.45) is 0 Å². The number of benzene rings is 2. The lowest BCUT2D eigenvalue weighted by Gasteiger charge is -2.14. The number of aryl methyl sites for hydroxylation is 1. The molecule has 2 heterocycles. The predicted octanol–water partition coefficient (Wildman–Crippen LogP) is 4.06. The third-order valence-electron chi connectivity index (χ3n) is 5.32. The summed E-state index contributed by atoms with van der Waals surface area (Å²) >= 11 is 0. The van der Waals surface area contributed by atoms with Gasteiger partial charge in [-0.2, -0.15) is 0 Å². The summed E-state index contributed by atoms with van der Waals surface area (Å²) in [5, 5.41) is 2.58. The van der Waals surface area contributed by atoms with Gasteiger partial charge in [0.25, 0.3) is 5.91 Å². The molecule has 1 aliphatic heterocycles. The van der Waals surface area contributed by atoms with Crippen molar-refractivity contribution in [1.82, 2.24) is 10.2 Å². The first-order valence-electron chi connectivity index (χ1n) is 10.8. The number of para-hydroxylation sites is 1. The van der Waals surface area contributed by atoms with Gasteiger partial charge in [-0.3, -0.25) is 9.69 Å². The van der Waals surface area contributed by atoms with E-state index in [1.807, 2.05) is 31.2 Å². The fourth-order valence-corrected chi connectivity index (χ4v) is 3.62. The van der Waals surface area contributed by atoms with Crippen molar-refractivity contribution < 1.29 is 33.0 Å². The number of hydrogen-bond donors (Lipinski definition) is 1. The zero-order valence-corrected chi connectivity index (χ0v) is 19.5. The number of carbonyl (C=O) groups excluding carboxylic acids is 3. The Bertz CT molecular complexity index is 1310. The Morgan fingerprint density at radius 1 is 1.09 bits per heavy atom. The van der Waals surface area contributed by atoms with E-state index in [2.05, 4.69) is 10.1 Å². The van der Waals surface area contributed by atoms with E-state index in [4.69, 9.17) is 13.9 Å². The van der Waals surface area contributed by atoms with Crippen LogP contribution in [0.15, 0.2) is 64.7 Å². The van der Waals surface area contributed by atoms with Gasteiger partial charge in [0.2, 0.25) is 5.76 Å². The minimum absolute atomic E-state index is 0.0166. The molecular weight excluding hydrogens is 452 g/mol. The highest BCUT2D eigenvalue weighted by atomic mass is 16.5. The summed E-state index contributed by atoms with van der Waals surface area (Å²) in [6, 6.07) is 15.5. The van der Waals surface area contributed by atoms with Crippen LogP contribution in [0.25, 0.3) is 6.08 Å². The van der Waals surface area contributed by atoms with Gasteiger partial charge >= 0.3 is 12.0 Å². The monoisotopic (exact) mass is 476 g/mol. The SMILES string of the molecule is COC(=O)c1ccc(CN2C(=O)N/C(=C/c3cccc(OC)c3OCc3cccc(C)c3)C2=O)o1. The zero-order chi connectivity index (χ0) is 24.9. The molecule has 0 aliphatic carbocycles. The van der Waals surface area contributed by atoms with Crippen LogP contribution in [0, 0.1) is 6.92 Å². The van der Waals surface area contributed by atoms with Crippen LogP contribution in [-0.2, 0) is 22.7 Å². The minimum atomic E-state index is -0.648. The fraction of sp³-hybridized carbons (Fsp3) is 0.192. The maximum absolute atomic E-state index is 13.0. The molecule has 2 aromatic carbocycles. The van der Waals surface area contributed by atoms with Crippen LogP contribution in [0.1, 0.15) is 33.0 Å². The van der Waals surface area contributed by atoms with Crippen molar-refractivity contribution in [1.29, 1.82) is 0 Å². The number of nitrogens with one attached hydrogen (secondary N) is 1. The van der Waals surface area contributed by atoms with E-state index in [9.17, 15) is 14.4 Å². The molecule has 3 aromatic rings. The molecule has 1 aliphatic rings. The van der Waals surface area contributed by atoms with Crippen LogP contribution in [0.3, 0.4) is 0 Å². The van der Waals surface area contributed by atoms with Crippen molar-refractivity contribution in [2.75, 3.05) is 14.2 Å². The quantitative estimate of drug-likeness (QED) is 0.297. The van der Waals surface area contributed by atoms with Gasteiger partial charge in [0.05, 0.1) is 20.8 Å². The number of furan rings is 1. The average molecular weight is 476 g/mol. The summed E-state index contributed by atoms with van der Waals surface area (Å²) in [4.78, 5) is 38.0. The fourth-order valence-electron chi connectivity index (χ4n) is 3.62. The Hall–Kier alpha value is -4.53. The smallest absolute Gasteiger partial charge is 0.373 e. The highest BCUT2D eigenvalue weighted by molar-refractivity contribution is 6.14. The highest BCUT2D eigenvalue weighted by Crippen LogP contribution is 2.34. The number of ether oxygens (including phenoxy) is 3. The van der Waals surface area contributed by atoms with Crippen molar-refractivity contribution in [3.8, 4) is 11.5 Å². The number of methoxy groups -OCH3 is 2. The summed E-state index contributed by atoms with van der Waals surface area (Å²) in [7, 11) is 2.76. The molecule has 3 amide bonds. The molecule has 180 valence electrons. The van der Waals surface area contributed by atoms with Crippen LogP contribution in [0.4, 0.5) is 4.79 Å². The summed E-state index contributed by atoms with van der Waals surface area (Å²) in [5.74, 6) is -0.00986. The van der Waals surface area contributed by atoms with E-state index >= 15 is 0 Å². The number of rotatable bonds is 8. The van der Waals surface area contributed by atoms with Gasteiger partial charge in [0.15, 0.2) is 11.5 Å². The Labute approximate surface area is 201 Å². The van der Waals surface area contributed by atoms with Crippen LogP contribution in [0.2, 0.25) is 0 Å². The number of amides is 3. The van der Waals surface area contributed by atoms with Crippen LogP contribution in [0.5, 0.6) is 11.5 Å². The molecule has 0 saturated carbocycles. The third kappa shape index (κ3) is 5.19. The summed E-state index contributed by atoms with van der Waals surface area (Å²) < 4.78 is 21.5. The summed E-state index contributed by atoms with van der Waals surface area (Å²) in [6.45, 7) is 2.15. The molecule has 9 heteroatoms. The Kier molecular flexibility index (Phi) is 6.86. The average Bonchev–Trinajstić information content (AvgIpc) is 3.43. The number of hydrogen-bond acceptors (Lipinski definition) is 7.